The Labute approximate surface area is 100 Å². The van der Waals surface area contributed by atoms with Crippen molar-refractivity contribution in [2.45, 2.75) is 19.3 Å². The van der Waals surface area contributed by atoms with Gasteiger partial charge >= 0.3 is 11.8 Å². The van der Waals surface area contributed by atoms with Gasteiger partial charge in [-0.15, -0.1) is 0 Å². The van der Waals surface area contributed by atoms with Crippen molar-refractivity contribution in [3.8, 4) is 6.07 Å². The number of ether oxygens (including phenoxy) is 1. The van der Waals surface area contributed by atoms with Gasteiger partial charge in [-0.2, -0.15) is 5.26 Å². The molecule has 0 bridgehead atoms. The van der Waals surface area contributed by atoms with Crippen LogP contribution >= 0.6 is 0 Å². The second-order valence-corrected chi connectivity index (χ2v) is 4.27. The maximum Gasteiger partial charge on any atom is 0.310 e. The lowest BCUT2D eigenvalue weighted by Crippen LogP contribution is -2.42. The maximum absolute atomic E-state index is 11.3. The molecule has 2 N–H and O–H groups in total. The Hall–Kier alpha value is -1.61. The molecular weight excluding hydrogens is 222 g/mol. The van der Waals surface area contributed by atoms with Crippen molar-refractivity contribution in [2.24, 2.45) is 5.41 Å². The van der Waals surface area contributed by atoms with Crippen LogP contribution < -0.4 is 10.6 Å². The number of nitrogens with zero attached hydrogens (tertiary/aromatic N) is 1. The largest absolute Gasteiger partial charge is 0.385 e. The summed E-state index contributed by atoms with van der Waals surface area (Å²) in [6.07, 6.45) is 3.00. The summed E-state index contributed by atoms with van der Waals surface area (Å²) in [7, 11) is 1.64. The highest BCUT2D eigenvalue weighted by molar-refractivity contribution is 6.35. The first-order valence-corrected chi connectivity index (χ1v) is 5.55. The molecule has 0 unspecified atom stereocenters. The smallest absolute Gasteiger partial charge is 0.310 e. The number of rotatable bonds is 6. The Balaban J connectivity index is 2.24. The van der Waals surface area contributed by atoms with Gasteiger partial charge in [-0.25, -0.2) is 0 Å². The molecule has 1 aliphatic carbocycles. The van der Waals surface area contributed by atoms with Gasteiger partial charge in [-0.1, -0.05) is 0 Å². The summed E-state index contributed by atoms with van der Waals surface area (Å²) in [6.45, 7) is 1.01. The number of methoxy groups -OCH3 is 1. The van der Waals surface area contributed by atoms with Gasteiger partial charge < -0.3 is 15.4 Å². The second kappa shape index (κ2) is 6.21. The Morgan fingerprint density at radius 1 is 1.35 bits per heavy atom. The van der Waals surface area contributed by atoms with E-state index in [1.165, 1.54) is 0 Å². The molecule has 0 saturated heterocycles. The van der Waals surface area contributed by atoms with Crippen molar-refractivity contribution < 1.29 is 14.3 Å². The van der Waals surface area contributed by atoms with Crippen LogP contribution in [-0.4, -0.2) is 38.6 Å². The molecule has 0 aromatic rings. The molecule has 1 aliphatic rings. The third kappa shape index (κ3) is 4.41. The van der Waals surface area contributed by atoms with Crippen molar-refractivity contribution in [2.75, 3.05) is 26.8 Å². The minimum atomic E-state index is -0.755. The highest BCUT2D eigenvalue weighted by Crippen LogP contribution is 2.48. The van der Waals surface area contributed by atoms with E-state index in [9.17, 15) is 9.59 Å². The fraction of sp³-hybridized carbons (Fsp3) is 0.727. The van der Waals surface area contributed by atoms with E-state index in [1.807, 2.05) is 0 Å². The van der Waals surface area contributed by atoms with Crippen LogP contribution in [0.15, 0.2) is 0 Å². The first-order chi connectivity index (χ1) is 8.13. The molecule has 0 heterocycles. The summed E-state index contributed by atoms with van der Waals surface area (Å²) in [5, 5.41) is 13.0. The van der Waals surface area contributed by atoms with E-state index in [-0.39, 0.29) is 12.0 Å². The lowest BCUT2D eigenvalue weighted by atomic mass is 10.0. The van der Waals surface area contributed by atoms with Crippen molar-refractivity contribution in [1.29, 1.82) is 5.26 Å². The first kappa shape index (κ1) is 13.5. The van der Waals surface area contributed by atoms with Gasteiger partial charge in [0.15, 0.2) is 0 Å². The van der Waals surface area contributed by atoms with Gasteiger partial charge in [0, 0.05) is 20.3 Å². The summed E-state index contributed by atoms with van der Waals surface area (Å²) in [5.41, 5.74) is 0.112. The number of carbonyl (C=O) groups is 2. The van der Waals surface area contributed by atoms with E-state index in [2.05, 4.69) is 10.6 Å². The van der Waals surface area contributed by atoms with Crippen LogP contribution in [-0.2, 0) is 14.3 Å². The first-order valence-electron chi connectivity index (χ1n) is 5.55. The zero-order chi connectivity index (χ0) is 12.7. The number of amides is 2. The number of hydrogen-bond donors (Lipinski definition) is 2. The molecule has 1 fully saturated rings. The van der Waals surface area contributed by atoms with Crippen molar-refractivity contribution in [3.05, 3.63) is 0 Å². The van der Waals surface area contributed by atoms with E-state index in [4.69, 9.17) is 10.00 Å². The molecule has 6 heteroatoms. The van der Waals surface area contributed by atoms with Gasteiger partial charge in [0.25, 0.3) is 0 Å². The number of carbonyl (C=O) groups excluding carboxylic acids is 2. The van der Waals surface area contributed by atoms with Crippen LogP contribution in [0.2, 0.25) is 0 Å². The molecule has 0 radical (unpaired) electrons. The highest BCUT2D eigenvalue weighted by Gasteiger charge is 2.42. The predicted molar refractivity (Wildman–Crippen MR) is 59.8 cm³/mol. The summed E-state index contributed by atoms with van der Waals surface area (Å²) < 4.78 is 5.00. The monoisotopic (exact) mass is 239 g/mol. The zero-order valence-electron chi connectivity index (χ0n) is 9.91. The van der Waals surface area contributed by atoms with Gasteiger partial charge in [0.2, 0.25) is 0 Å². The molecule has 0 aromatic carbocycles. The van der Waals surface area contributed by atoms with Gasteiger partial charge in [0.05, 0.1) is 6.07 Å². The molecule has 17 heavy (non-hydrogen) atoms. The minimum Gasteiger partial charge on any atom is -0.385 e. The Morgan fingerprint density at radius 3 is 2.53 bits per heavy atom. The molecule has 0 atom stereocenters. The fourth-order valence-electron chi connectivity index (χ4n) is 1.56. The van der Waals surface area contributed by atoms with Crippen molar-refractivity contribution in [3.63, 3.8) is 0 Å². The van der Waals surface area contributed by atoms with Crippen LogP contribution in [0.3, 0.4) is 0 Å². The third-order valence-corrected chi connectivity index (χ3v) is 2.95. The predicted octanol–water partition coefficient (Wildman–Crippen LogP) is -0.441. The number of nitrogens with one attached hydrogen (secondary N) is 2. The van der Waals surface area contributed by atoms with E-state index in [0.29, 0.717) is 13.2 Å². The summed E-state index contributed by atoms with van der Waals surface area (Å²) >= 11 is 0. The van der Waals surface area contributed by atoms with E-state index in [0.717, 1.165) is 19.3 Å². The fourth-order valence-corrected chi connectivity index (χ4v) is 1.56. The van der Waals surface area contributed by atoms with Crippen molar-refractivity contribution >= 4 is 11.8 Å². The minimum absolute atomic E-state index is 0.112. The molecule has 1 rings (SSSR count). The van der Waals surface area contributed by atoms with E-state index < -0.39 is 11.8 Å². The Morgan fingerprint density at radius 2 is 2.00 bits per heavy atom. The molecule has 0 spiro atoms. The Kier molecular flexibility index (Phi) is 4.91. The lowest BCUT2D eigenvalue weighted by molar-refractivity contribution is -0.139. The molecule has 2 amide bonds. The molecule has 6 nitrogen and oxygen atoms in total. The topological polar surface area (TPSA) is 91.2 Å². The summed E-state index contributed by atoms with van der Waals surface area (Å²) in [6, 6.07) is 1.74. The van der Waals surface area contributed by atoms with Crippen LogP contribution in [0.4, 0.5) is 0 Å². The molecule has 0 aliphatic heterocycles. The summed E-state index contributed by atoms with van der Waals surface area (Å²) in [5.74, 6) is -1.43. The molecule has 0 aromatic heterocycles. The SMILES string of the molecule is COCCC1(CNC(=O)C(=O)NCC#N)CC1. The number of hydrogen-bond acceptors (Lipinski definition) is 4. The molecule has 94 valence electrons. The van der Waals surface area contributed by atoms with E-state index in [1.54, 1.807) is 13.2 Å². The quantitative estimate of drug-likeness (QED) is 0.485. The highest BCUT2D eigenvalue weighted by atomic mass is 16.5. The van der Waals surface area contributed by atoms with Gasteiger partial charge in [-0.3, -0.25) is 9.59 Å². The van der Waals surface area contributed by atoms with Crippen LogP contribution in [0.5, 0.6) is 0 Å². The third-order valence-electron chi connectivity index (χ3n) is 2.95. The van der Waals surface area contributed by atoms with Gasteiger partial charge in [0.1, 0.15) is 6.54 Å². The van der Waals surface area contributed by atoms with E-state index >= 15 is 0 Å². The van der Waals surface area contributed by atoms with Crippen LogP contribution in [0.25, 0.3) is 0 Å². The summed E-state index contributed by atoms with van der Waals surface area (Å²) in [4.78, 5) is 22.5. The average molecular weight is 239 g/mol. The van der Waals surface area contributed by atoms with Crippen LogP contribution in [0, 0.1) is 16.7 Å². The second-order valence-electron chi connectivity index (χ2n) is 4.27. The van der Waals surface area contributed by atoms with Crippen molar-refractivity contribution in [1.82, 2.24) is 10.6 Å². The molecule has 1 saturated carbocycles. The van der Waals surface area contributed by atoms with Crippen LogP contribution in [0.1, 0.15) is 19.3 Å². The average Bonchev–Trinajstić information content (AvgIpc) is 3.11. The maximum atomic E-state index is 11.3. The zero-order valence-corrected chi connectivity index (χ0v) is 9.91. The lowest BCUT2D eigenvalue weighted by Gasteiger charge is -2.14. The van der Waals surface area contributed by atoms with Gasteiger partial charge in [-0.05, 0) is 24.7 Å². The number of nitriles is 1. The standard InChI is InChI=1S/C11H17N3O3/c1-17-7-4-11(2-3-11)8-14-10(16)9(15)13-6-5-12/h2-4,6-8H2,1H3,(H,13,15)(H,14,16). The molecular formula is C11H17N3O3. The Bertz CT molecular complexity index is 331. The normalized spacial score (nSPS) is 15.8.